The number of aromatic nitrogens is 1. The summed E-state index contributed by atoms with van der Waals surface area (Å²) in [7, 11) is -3.96. The predicted octanol–water partition coefficient (Wildman–Crippen LogP) is 4.33. The topological polar surface area (TPSA) is 91.7 Å². The van der Waals surface area contributed by atoms with Gasteiger partial charge in [0.05, 0.1) is 10.4 Å². The maximum Gasteiger partial charge on any atom is 0.377 e. The summed E-state index contributed by atoms with van der Waals surface area (Å²) >= 11 is 3.36. The highest BCUT2D eigenvalue weighted by atomic mass is 79.9. The van der Waals surface area contributed by atoms with Crippen molar-refractivity contribution in [2.45, 2.75) is 31.5 Å². The van der Waals surface area contributed by atoms with Crippen LogP contribution in [0, 0.1) is 6.92 Å². The summed E-state index contributed by atoms with van der Waals surface area (Å²) in [4.78, 5) is 25.1. The van der Waals surface area contributed by atoms with Gasteiger partial charge in [0.15, 0.2) is 5.78 Å². The summed E-state index contributed by atoms with van der Waals surface area (Å²) in [5.74, 6) is -2.73. The van der Waals surface area contributed by atoms with E-state index in [2.05, 4.69) is 15.9 Å². The fraction of sp³-hybridized carbons (Fsp3) is 0.182. The molecular weight excluding hydrogens is 486 g/mol. The van der Waals surface area contributed by atoms with Gasteiger partial charge >= 0.3 is 5.97 Å². The lowest BCUT2D eigenvalue weighted by molar-refractivity contribution is -0.159. The molecule has 31 heavy (non-hydrogen) atoms. The second-order valence-corrected chi connectivity index (χ2v) is 10.3. The first-order chi connectivity index (χ1) is 14.5. The number of carbonyl (C=O) groups excluding carboxylic acids is 2. The van der Waals surface area contributed by atoms with E-state index in [0.29, 0.717) is 15.4 Å². The Labute approximate surface area is 187 Å². The van der Waals surface area contributed by atoms with Crippen molar-refractivity contribution < 1.29 is 27.5 Å². The summed E-state index contributed by atoms with van der Waals surface area (Å²) in [5, 5.41) is 0.414. The van der Waals surface area contributed by atoms with Gasteiger partial charge in [0.2, 0.25) is 11.5 Å². The number of ketones is 1. The summed E-state index contributed by atoms with van der Waals surface area (Å²) in [6, 6.07) is 11.4. The Morgan fingerprint density at radius 3 is 2.39 bits per heavy atom. The minimum atomic E-state index is -3.96. The molecule has 0 aliphatic carbocycles. The molecule has 0 atom stereocenters. The second kappa shape index (κ2) is 7.35. The van der Waals surface area contributed by atoms with Crippen LogP contribution in [0.5, 0.6) is 0 Å². The number of halogens is 1. The Hall–Kier alpha value is -2.91. The zero-order chi connectivity index (χ0) is 22.6. The fourth-order valence-electron chi connectivity index (χ4n) is 3.28. The van der Waals surface area contributed by atoms with E-state index in [-0.39, 0.29) is 16.2 Å². The van der Waals surface area contributed by atoms with Gasteiger partial charge in [-0.05, 0) is 37.3 Å². The van der Waals surface area contributed by atoms with E-state index >= 15 is 0 Å². The van der Waals surface area contributed by atoms with Crippen LogP contribution in [0.2, 0.25) is 0 Å². The minimum absolute atomic E-state index is 0.0970. The molecule has 0 spiro atoms. The third-order valence-corrected chi connectivity index (χ3v) is 6.91. The van der Waals surface area contributed by atoms with Gasteiger partial charge in [0.25, 0.3) is 10.0 Å². The van der Waals surface area contributed by atoms with Crippen molar-refractivity contribution in [3.05, 3.63) is 76.1 Å². The molecule has 1 aliphatic heterocycles. The Morgan fingerprint density at radius 1 is 1.10 bits per heavy atom. The van der Waals surface area contributed by atoms with Crippen LogP contribution >= 0.6 is 15.9 Å². The van der Waals surface area contributed by atoms with Gasteiger partial charge in [0, 0.05) is 41.5 Å². The largest absolute Gasteiger partial charge is 0.445 e. The lowest BCUT2D eigenvalue weighted by atomic mass is 10.1. The number of benzene rings is 2. The first kappa shape index (κ1) is 21.3. The Morgan fingerprint density at radius 2 is 1.77 bits per heavy atom. The molecular formula is C22H18BrNO6S. The SMILES string of the molecule is Cc1ccc(S(=O)(=O)n2cc(C(=O)/C=C3\OC(C)(C)OC3=O)c3cc(Br)ccc32)cc1. The van der Waals surface area contributed by atoms with Crippen LogP contribution in [0.3, 0.4) is 0 Å². The smallest absolute Gasteiger partial charge is 0.377 e. The minimum Gasteiger partial charge on any atom is -0.445 e. The molecule has 3 aromatic rings. The van der Waals surface area contributed by atoms with Crippen molar-refractivity contribution in [1.29, 1.82) is 0 Å². The van der Waals surface area contributed by atoms with Crippen molar-refractivity contribution >= 4 is 48.6 Å². The summed E-state index contributed by atoms with van der Waals surface area (Å²) in [6.07, 6.45) is 2.28. The van der Waals surface area contributed by atoms with E-state index < -0.39 is 27.6 Å². The van der Waals surface area contributed by atoms with Crippen molar-refractivity contribution in [1.82, 2.24) is 3.97 Å². The molecule has 0 N–H and O–H groups in total. The molecule has 9 heteroatoms. The summed E-state index contributed by atoms with van der Waals surface area (Å²) in [6.45, 7) is 4.96. The average Bonchev–Trinajstić information content (AvgIpc) is 3.18. The molecule has 1 saturated heterocycles. The Bertz CT molecular complexity index is 1370. The van der Waals surface area contributed by atoms with Crippen molar-refractivity contribution in [3.8, 4) is 0 Å². The van der Waals surface area contributed by atoms with Gasteiger partial charge in [-0.15, -0.1) is 0 Å². The predicted molar refractivity (Wildman–Crippen MR) is 117 cm³/mol. The molecule has 2 aromatic carbocycles. The summed E-state index contributed by atoms with van der Waals surface area (Å²) < 4.78 is 38.7. The quantitative estimate of drug-likeness (QED) is 0.299. The van der Waals surface area contributed by atoms with Crippen molar-refractivity contribution in [2.75, 3.05) is 0 Å². The van der Waals surface area contributed by atoms with Crippen LogP contribution in [-0.2, 0) is 24.3 Å². The zero-order valence-electron chi connectivity index (χ0n) is 16.9. The van der Waals surface area contributed by atoms with E-state index in [1.807, 2.05) is 6.92 Å². The highest BCUT2D eigenvalue weighted by molar-refractivity contribution is 9.10. The molecule has 0 amide bonds. The van der Waals surface area contributed by atoms with E-state index in [1.54, 1.807) is 44.2 Å². The van der Waals surface area contributed by atoms with Crippen LogP contribution in [-0.4, -0.2) is 29.9 Å². The molecule has 0 unspecified atom stereocenters. The number of fused-ring (bicyclic) bond motifs is 1. The zero-order valence-corrected chi connectivity index (χ0v) is 19.3. The Balaban J connectivity index is 1.86. The number of hydrogen-bond acceptors (Lipinski definition) is 6. The highest BCUT2D eigenvalue weighted by Gasteiger charge is 2.38. The lowest BCUT2D eigenvalue weighted by Gasteiger charge is -2.13. The number of allylic oxidation sites excluding steroid dienone is 1. The second-order valence-electron chi connectivity index (χ2n) is 7.58. The Kier molecular flexibility index (Phi) is 5.06. The molecule has 4 rings (SSSR count). The fourth-order valence-corrected chi connectivity index (χ4v) is 5.01. The number of carbonyl (C=O) groups is 2. The molecule has 1 aromatic heterocycles. The number of hydrogen-bond donors (Lipinski definition) is 0. The molecule has 1 fully saturated rings. The van der Waals surface area contributed by atoms with Crippen LogP contribution < -0.4 is 0 Å². The number of esters is 1. The number of ether oxygens (including phenoxy) is 2. The van der Waals surface area contributed by atoms with Gasteiger partial charge < -0.3 is 9.47 Å². The molecule has 0 radical (unpaired) electrons. The van der Waals surface area contributed by atoms with Crippen molar-refractivity contribution in [3.63, 3.8) is 0 Å². The number of aryl methyl sites for hydroxylation is 1. The highest BCUT2D eigenvalue weighted by Crippen LogP contribution is 2.31. The van der Waals surface area contributed by atoms with Crippen LogP contribution in [0.4, 0.5) is 0 Å². The maximum absolute atomic E-state index is 13.3. The average molecular weight is 504 g/mol. The summed E-state index contributed by atoms with van der Waals surface area (Å²) in [5.41, 5.74) is 1.37. The molecule has 0 saturated carbocycles. The molecule has 1 aliphatic rings. The van der Waals surface area contributed by atoms with Crippen LogP contribution in [0.25, 0.3) is 10.9 Å². The normalized spacial score (nSPS) is 17.0. The number of nitrogens with zero attached hydrogens (tertiary/aromatic N) is 1. The van der Waals surface area contributed by atoms with E-state index in [4.69, 9.17) is 9.47 Å². The van der Waals surface area contributed by atoms with Gasteiger partial charge in [-0.2, -0.15) is 0 Å². The first-order valence-electron chi connectivity index (χ1n) is 9.29. The molecule has 0 bridgehead atoms. The van der Waals surface area contributed by atoms with Gasteiger partial charge in [-0.1, -0.05) is 33.6 Å². The van der Waals surface area contributed by atoms with Crippen molar-refractivity contribution in [2.24, 2.45) is 0 Å². The van der Waals surface area contributed by atoms with E-state index in [1.165, 1.54) is 18.3 Å². The van der Waals surface area contributed by atoms with Gasteiger partial charge in [-0.25, -0.2) is 17.2 Å². The standard InChI is InChI=1S/C22H18BrNO6S/c1-13-4-7-15(8-5-13)31(27,28)24-12-17(16-10-14(23)6-9-18(16)24)19(25)11-20-21(26)30-22(2,3)29-20/h4-12H,1-3H3/b20-11-. The number of rotatable bonds is 4. The van der Waals surface area contributed by atoms with E-state index in [9.17, 15) is 18.0 Å². The maximum atomic E-state index is 13.3. The third-order valence-electron chi connectivity index (χ3n) is 4.73. The molecule has 160 valence electrons. The van der Waals surface area contributed by atoms with Crippen LogP contribution in [0.15, 0.2) is 69.9 Å². The lowest BCUT2D eigenvalue weighted by Crippen LogP contribution is -2.19. The van der Waals surface area contributed by atoms with E-state index in [0.717, 1.165) is 15.6 Å². The third kappa shape index (κ3) is 3.90. The van der Waals surface area contributed by atoms with Crippen LogP contribution in [0.1, 0.15) is 29.8 Å². The number of cyclic esters (lactones) is 1. The molecule has 7 nitrogen and oxygen atoms in total. The monoisotopic (exact) mass is 503 g/mol. The molecule has 2 heterocycles. The van der Waals surface area contributed by atoms with Gasteiger partial charge in [0.1, 0.15) is 0 Å². The first-order valence-corrected chi connectivity index (χ1v) is 11.5. The van der Waals surface area contributed by atoms with Gasteiger partial charge in [-0.3, -0.25) is 4.79 Å².